The highest BCUT2D eigenvalue weighted by Gasteiger charge is 2.52. The van der Waals surface area contributed by atoms with Crippen LogP contribution in [-0.4, -0.2) is 97.4 Å². The van der Waals surface area contributed by atoms with Crippen LogP contribution in [0.15, 0.2) is 18.2 Å². The Morgan fingerprint density at radius 2 is 1.79 bits per heavy atom. The smallest absolute Gasteiger partial charge is 0.325 e. The number of carbonyl (C=O) groups is 3. The maximum absolute atomic E-state index is 13.3. The van der Waals surface area contributed by atoms with E-state index in [1.54, 1.807) is 0 Å². The lowest BCUT2D eigenvalue weighted by molar-refractivity contribution is -0.135. The normalized spacial score (nSPS) is 25.7. The molecule has 1 aromatic rings. The summed E-state index contributed by atoms with van der Waals surface area (Å²) in [5, 5.41) is 2.96. The summed E-state index contributed by atoms with van der Waals surface area (Å²) in [5.74, 6) is 1.26. The standard InChI is InChI=1S/C24H32N4O6/c1-24(22(30)28(23(31)25-24)9-8-26-10-12-32-13-11-26)18-4-6-27(7-5-18)21(29)15-17-2-3-19-20(14-17)34-16-33-19/h2-3,14,18H,4-13,15-16H2,1H3,(H,25,31). The van der Waals surface area contributed by atoms with Gasteiger partial charge in [-0.2, -0.15) is 0 Å². The summed E-state index contributed by atoms with van der Waals surface area (Å²) in [7, 11) is 0. The molecule has 10 nitrogen and oxygen atoms in total. The van der Waals surface area contributed by atoms with Crippen molar-refractivity contribution in [3.8, 4) is 11.5 Å². The molecule has 3 saturated heterocycles. The number of fused-ring (bicyclic) bond motifs is 1. The molecule has 3 fully saturated rings. The third-order valence-corrected chi connectivity index (χ3v) is 7.50. The van der Waals surface area contributed by atoms with Crippen molar-refractivity contribution in [1.82, 2.24) is 20.0 Å². The number of amides is 4. The molecule has 0 bridgehead atoms. The Morgan fingerprint density at radius 1 is 1.06 bits per heavy atom. The maximum atomic E-state index is 13.3. The van der Waals surface area contributed by atoms with Gasteiger partial charge in [-0.3, -0.25) is 19.4 Å². The molecule has 1 atom stereocenters. The zero-order chi connectivity index (χ0) is 23.7. The largest absolute Gasteiger partial charge is 0.454 e. The number of nitrogens with one attached hydrogen (secondary N) is 1. The number of likely N-dealkylation sites (tertiary alicyclic amines) is 1. The third-order valence-electron chi connectivity index (χ3n) is 7.50. The number of piperidine rings is 1. The SMILES string of the molecule is CC1(C2CCN(C(=O)Cc3ccc4c(c3)OCO4)CC2)NC(=O)N(CCN2CCOCC2)C1=O. The molecule has 4 heterocycles. The number of imide groups is 1. The molecule has 4 aliphatic rings. The molecule has 0 saturated carbocycles. The molecule has 0 aliphatic carbocycles. The zero-order valence-electron chi connectivity index (χ0n) is 19.6. The minimum Gasteiger partial charge on any atom is -0.454 e. The number of rotatable bonds is 6. The molecule has 34 heavy (non-hydrogen) atoms. The summed E-state index contributed by atoms with van der Waals surface area (Å²) >= 11 is 0. The van der Waals surface area contributed by atoms with Crippen LogP contribution in [0.4, 0.5) is 4.79 Å². The topological polar surface area (TPSA) is 101 Å². The number of ether oxygens (including phenoxy) is 3. The molecule has 1 N–H and O–H groups in total. The first-order chi connectivity index (χ1) is 16.4. The monoisotopic (exact) mass is 472 g/mol. The first-order valence-electron chi connectivity index (χ1n) is 12.0. The molecular weight excluding hydrogens is 440 g/mol. The van der Waals surface area contributed by atoms with Crippen LogP contribution in [0.1, 0.15) is 25.3 Å². The Bertz CT molecular complexity index is 957. The minimum absolute atomic E-state index is 0.00747. The van der Waals surface area contributed by atoms with Gasteiger partial charge in [0.05, 0.1) is 19.6 Å². The van der Waals surface area contributed by atoms with E-state index >= 15 is 0 Å². The fourth-order valence-electron chi connectivity index (χ4n) is 5.31. The van der Waals surface area contributed by atoms with Gasteiger partial charge in [0.25, 0.3) is 5.91 Å². The number of nitrogens with zero attached hydrogens (tertiary/aromatic N) is 3. The molecule has 0 aromatic heterocycles. The van der Waals surface area contributed by atoms with Gasteiger partial charge < -0.3 is 24.4 Å². The number of morpholine rings is 1. The molecule has 10 heteroatoms. The first-order valence-corrected chi connectivity index (χ1v) is 12.0. The molecule has 4 aliphatic heterocycles. The highest BCUT2D eigenvalue weighted by molar-refractivity contribution is 6.07. The Hall–Kier alpha value is -2.85. The average Bonchev–Trinajstić information content (AvgIpc) is 3.40. The van der Waals surface area contributed by atoms with Crippen molar-refractivity contribution in [1.29, 1.82) is 0 Å². The van der Waals surface area contributed by atoms with Crippen LogP contribution in [-0.2, 0) is 20.7 Å². The Balaban J connectivity index is 1.14. The molecule has 0 spiro atoms. The molecular formula is C24H32N4O6. The van der Waals surface area contributed by atoms with E-state index in [-0.39, 0.29) is 30.6 Å². The lowest BCUT2D eigenvalue weighted by atomic mass is 9.79. The van der Waals surface area contributed by atoms with Crippen LogP contribution in [0.3, 0.4) is 0 Å². The van der Waals surface area contributed by atoms with Crippen molar-refractivity contribution < 1.29 is 28.6 Å². The quantitative estimate of drug-likeness (QED) is 0.613. The van der Waals surface area contributed by atoms with E-state index in [0.717, 1.165) is 18.7 Å². The van der Waals surface area contributed by atoms with Crippen molar-refractivity contribution in [2.45, 2.75) is 31.7 Å². The van der Waals surface area contributed by atoms with Gasteiger partial charge in [0.15, 0.2) is 11.5 Å². The number of hydrogen-bond acceptors (Lipinski definition) is 7. The Kier molecular flexibility index (Phi) is 6.35. The van der Waals surface area contributed by atoms with E-state index < -0.39 is 5.54 Å². The van der Waals surface area contributed by atoms with Gasteiger partial charge in [-0.1, -0.05) is 6.07 Å². The molecule has 0 radical (unpaired) electrons. The predicted octanol–water partition coefficient (Wildman–Crippen LogP) is 0.839. The summed E-state index contributed by atoms with van der Waals surface area (Å²) in [6.45, 7) is 7.22. The molecule has 184 valence electrons. The van der Waals surface area contributed by atoms with Gasteiger partial charge in [0.1, 0.15) is 5.54 Å². The number of benzene rings is 1. The lowest BCUT2D eigenvalue weighted by Gasteiger charge is -2.39. The van der Waals surface area contributed by atoms with Gasteiger partial charge in [0.2, 0.25) is 12.7 Å². The Labute approximate surface area is 199 Å². The minimum atomic E-state index is -0.922. The van der Waals surface area contributed by atoms with Crippen molar-refractivity contribution in [2.24, 2.45) is 5.92 Å². The van der Waals surface area contributed by atoms with Crippen molar-refractivity contribution >= 4 is 17.8 Å². The molecule has 1 aromatic carbocycles. The van der Waals surface area contributed by atoms with Crippen LogP contribution in [0.25, 0.3) is 0 Å². The highest BCUT2D eigenvalue weighted by Crippen LogP contribution is 2.35. The predicted molar refractivity (Wildman–Crippen MR) is 121 cm³/mol. The second-order valence-electron chi connectivity index (χ2n) is 9.56. The average molecular weight is 473 g/mol. The third kappa shape index (κ3) is 4.44. The van der Waals surface area contributed by atoms with Gasteiger partial charge in [0, 0.05) is 39.3 Å². The van der Waals surface area contributed by atoms with Gasteiger partial charge in [-0.05, 0) is 43.4 Å². The molecule has 1 unspecified atom stereocenters. The van der Waals surface area contributed by atoms with Gasteiger partial charge in [-0.15, -0.1) is 0 Å². The molecule has 5 rings (SSSR count). The van der Waals surface area contributed by atoms with E-state index in [1.165, 1.54) is 4.90 Å². The lowest BCUT2D eigenvalue weighted by Crippen LogP contribution is -2.54. The summed E-state index contributed by atoms with van der Waals surface area (Å²) in [6.07, 6.45) is 1.64. The summed E-state index contributed by atoms with van der Waals surface area (Å²) in [5.41, 5.74) is -0.0355. The molecule has 4 amide bonds. The first kappa shape index (κ1) is 22.9. The fraction of sp³-hybridized carbons (Fsp3) is 0.625. The van der Waals surface area contributed by atoms with Crippen LogP contribution in [0.2, 0.25) is 0 Å². The van der Waals surface area contributed by atoms with E-state index in [2.05, 4.69) is 10.2 Å². The van der Waals surface area contributed by atoms with Gasteiger partial charge >= 0.3 is 6.03 Å². The second kappa shape index (κ2) is 9.42. The Morgan fingerprint density at radius 3 is 2.56 bits per heavy atom. The maximum Gasteiger partial charge on any atom is 0.325 e. The number of urea groups is 1. The van der Waals surface area contributed by atoms with Crippen LogP contribution in [0, 0.1) is 5.92 Å². The van der Waals surface area contributed by atoms with Crippen LogP contribution in [0.5, 0.6) is 11.5 Å². The fourth-order valence-corrected chi connectivity index (χ4v) is 5.31. The van der Waals surface area contributed by atoms with E-state index in [4.69, 9.17) is 14.2 Å². The zero-order valence-corrected chi connectivity index (χ0v) is 19.6. The van der Waals surface area contributed by atoms with E-state index in [1.807, 2.05) is 30.0 Å². The van der Waals surface area contributed by atoms with Crippen LogP contribution < -0.4 is 14.8 Å². The van der Waals surface area contributed by atoms with Gasteiger partial charge in [-0.25, -0.2) is 4.79 Å². The summed E-state index contributed by atoms with van der Waals surface area (Å²) < 4.78 is 16.1. The van der Waals surface area contributed by atoms with Crippen molar-refractivity contribution in [2.75, 3.05) is 59.3 Å². The van der Waals surface area contributed by atoms with E-state index in [0.29, 0.717) is 70.2 Å². The summed E-state index contributed by atoms with van der Waals surface area (Å²) in [4.78, 5) is 44.2. The number of hydrogen-bond donors (Lipinski definition) is 1. The number of carbonyl (C=O) groups excluding carboxylic acids is 3. The van der Waals surface area contributed by atoms with Crippen LogP contribution >= 0.6 is 0 Å². The summed E-state index contributed by atoms with van der Waals surface area (Å²) in [6, 6.07) is 5.25. The van der Waals surface area contributed by atoms with Crippen molar-refractivity contribution in [3.05, 3.63) is 23.8 Å². The highest BCUT2D eigenvalue weighted by atomic mass is 16.7. The second-order valence-corrected chi connectivity index (χ2v) is 9.56. The van der Waals surface area contributed by atoms with Crippen molar-refractivity contribution in [3.63, 3.8) is 0 Å². The van der Waals surface area contributed by atoms with E-state index in [9.17, 15) is 14.4 Å².